The van der Waals surface area contributed by atoms with Crippen molar-refractivity contribution in [3.63, 3.8) is 0 Å². The third kappa shape index (κ3) is 3.96. The first-order valence-electron chi connectivity index (χ1n) is 12.6. The van der Waals surface area contributed by atoms with Crippen LogP contribution in [0.4, 0.5) is 5.69 Å². The number of anilines is 1. The zero-order valence-corrected chi connectivity index (χ0v) is 21.0. The van der Waals surface area contributed by atoms with Crippen LogP contribution in [0.3, 0.4) is 0 Å². The molecule has 1 spiro atoms. The third-order valence-corrected chi connectivity index (χ3v) is 7.92. The molecule has 1 unspecified atom stereocenters. The van der Waals surface area contributed by atoms with Crippen LogP contribution in [0.1, 0.15) is 31.2 Å². The number of likely N-dealkylation sites (tertiary alicyclic amines) is 1. The van der Waals surface area contributed by atoms with Crippen LogP contribution in [-0.2, 0) is 23.9 Å². The molecular weight excluding hydrogens is 484 g/mol. The Hall–Kier alpha value is -2.68. The number of fused-ring (bicyclic) bond motifs is 2. The quantitative estimate of drug-likeness (QED) is 0.369. The van der Waals surface area contributed by atoms with Gasteiger partial charge in [-0.1, -0.05) is 48.0 Å². The number of carbonyl (C=O) groups is 3. The first kappa shape index (κ1) is 25.0. The molecule has 36 heavy (non-hydrogen) atoms. The molecule has 8 nitrogen and oxygen atoms in total. The highest BCUT2D eigenvalue weighted by Crippen LogP contribution is 2.53. The van der Waals surface area contributed by atoms with E-state index in [-0.39, 0.29) is 38.1 Å². The maximum Gasteiger partial charge on any atom is 0.312 e. The minimum Gasteiger partial charge on any atom is -0.465 e. The van der Waals surface area contributed by atoms with Crippen molar-refractivity contribution in [3.8, 4) is 0 Å². The summed E-state index contributed by atoms with van der Waals surface area (Å²) in [5, 5.41) is 9.76. The lowest BCUT2D eigenvalue weighted by atomic mass is 9.78. The number of hydrogen-bond acceptors (Lipinski definition) is 6. The van der Waals surface area contributed by atoms with E-state index in [9.17, 15) is 19.5 Å². The van der Waals surface area contributed by atoms with E-state index in [2.05, 4.69) is 0 Å². The lowest BCUT2D eigenvalue weighted by molar-refractivity contribution is -0.154. The van der Waals surface area contributed by atoms with Crippen LogP contribution in [0.15, 0.2) is 42.5 Å². The van der Waals surface area contributed by atoms with Crippen molar-refractivity contribution in [1.82, 2.24) is 4.90 Å². The average Bonchev–Trinajstić information content (AvgIpc) is 3.25. The second kappa shape index (κ2) is 10.00. The molecular formula is C27H31ClN2O6. The summed E-state index contributed by atoms with van der Waals surface area (Å²) in [5.41, 5.74) is 0.122. The summed E-state index contributed by atoms with van der Waals surface area (Å²) in [6, 6.07) is 4.48. The number of benzene rings is 1. The summed E-state index contributed by atoms with van der Waals surface area (Å²) in [5.74, 6) is -2.81. The van der Waals surface area contributed by atoms with Gasteiger partial charge in [-0.15, -0.1) is 0 Å². The Morgan fingerprint density at radius 1 is 1.17 bits per heavy atom. The number of allylic oxidation sites excluding steroid dienone is 1. The molecule has 4 heterocycles. The monoisotopic (exact) mass is 514 g/mol. The molecule has 1 N–H and O–H groups in total. The number of hydrogen-bond donors (Lipinski definition) is 1. The summed E-state index contributed by atoms with van der Waals surface area (Å²) in [4.78, 5) is 44.6. The number of aliphatic hydroxyl groups excluding tert-OH is 1. The predicted octanol–water partition coefficient (Wildman–Crippen LogP) is 2.80. The molecule has 2 saturated heterocycles. The van der Waals surface area contributed by atoms with Crippen LogP contribution < -0.4 is 4.90 Å². The van der Waals surface area contributed by atoms with Gasteiger partial charge in [0.1, 0.15) is 17.6 Å². The summed E-state index contributed by atoms with van der Waals surface area (Å²) >= 11 is 6.54. The Kier molecular flexibility index (Phi) is 6.94. The fourth-order valence-electron chi connectivity index (χ4n) is 6.05. The zero-order valence-electron chi connectivity index (χ0n) is 20.3. The van der Waals surface area contributed by atoms with Gasteiger partial charge in [-0.25, -0.2) is 0 Å². The highest BCUT2D eigenvalue weighted by molar-refractivity contribution is 6.34. The first-order chi connectivity index (χ1) is 17.4. The normalized spacial score (nSPS) is 32.7. The lowest BCUT2D eigenvalue weighted by Crippen LogP contribution is -2.55. The van der Waals surface area contributed by atoms with E-state index in [1.165, 1.54) is 4.90 Å². The van der Waals surface area contributed by atoms with Crippen LogP contribution in [0.25, 0.3) is 0 Å². The van der Waals surface area contributed by atoms with Crippen LogP contribution >= 0.6 is 11.6 Å². The van der Waals surface area contributed by atoms with E-state index in [1.54, 1.807) is 17.0 Å². The Morgan fingerprint density at radius 2 is 2.00 bits per heavy atom. The minimum absolute atomic E-state index is 0.0155. The molecule has 192 valence electrons. The summed E-state index contributed by atoms with van der Waals surface area (Å²) in [7, 11) is 0. The van der Waals surface area contributed by atoms with E-state index in [0.717, 1.165) is 12.0 Å². The number of unbranched alkanes of at least 4 members (excludes halogenated alkanes) is 1. The number of para-hydroxylation sites is 1. The number of ether oxygens (including phenoxy) is 2. The molecule has 4 aliphatic rings. The molecule has 0 aromatic heterocycles. The van der Waals surface area contributed by atoms with E-state index in [4.69, 9.17) is 21.1 Å². The average molecular weight is 515 g/mol. The second-order valence-electron chi connectivity index (χ2n) is 9.80. The van der Waals surface area contributed by atoms with Gasteiger partial charge in [-0.05, 0) is 44.2 Å². The molecule has 1 aromatic rings. The molecule has 2 amide bonds. The van der Waals surface area contributed by atoms with Gasteiger partial charge in [0, 0.05) is 19.7 Å². The van der Waals surface area contributed by atoms with Gasteiger partial charge in [-0.2, -0.15) is 0 Å². The van der Waals surface area contributed by atoms with Crippen LogP contribution in [0, 0.1) is 18.8 Å². The number of aryl methyl sites for hydroxylation is 1. The van der Waals surface area contributed by atoms with Gasteiger partial charge in [0.15, 0.2) is 0 Å². The number of rotatable bonds is 5. The van der Waals surface area contributed by atoms with E-state index in [1.807, 2.05) is 37.3 Å². The first-order valence-corrected chi connectivity index (χ1v) is 12.9. The highest BCUT2D eigenvalue weighted by atomic mass is 35.5. The van der Waals surface area contributed by atoms with Crippen molar-refractivity contribution < 1.29 is 29.0 Å². The van der Waals surface area contributed by atoms with Crippen molar-refractivity contribution in [2.24, 2.45) is 11.8 Å². The smallest absolute Gasteiger partial charge is 0.312 e. The van der Waals surface area contributed by atoms with E-state index < -0.39 is 35.6 Å². The van der Waals surface area contributed by atoms with Gasteiger partial charge in [0.2, 0.25) is 5.91 Å². The molecule has 0 aliphatic carbocycles. The summed E-state index contributed by atoms with van der Waals surface area (Å²) in [6.45, 7) is 2.67. The molecule has 0 bridgehead atoms. The van der Waals surface area contributed by atoms with E-state index in [0.29, 0.717) is 30.0 Å². The fraction of sp³-hybridized carbons (Fsp3) is 0.519. The van der Waals surface area contributed by atoms with Crippen LogP contribution in [-0.4, -0.2) is 71.8 Å². The zero-order chi connectivity index (χ0) is 25.4. The molecule has 5 rings (SSSR count). The number of cyclic esters (lactones) is 1. The van der Waals surface area contributed by atoms with Crippen molar-refractivity contribution in [3.05, 3.63) is 53.1 Å². The standard InChI is InChI=1S/C27H31ClN2O6/c1-17-9-7-10-18(28)22(17)29-14-8-12-27-21(20-19(36-27)11-3-2-6-16-35-26(20)34)24(32)30(13-4-5-15-31)23(27)25(29)33/h3,7-12,19-21,23,31H,2,4-6,13-16H2,1H3/b11-3-/t19-,20+,21-,23?,27-/m0/s1. The number of nitrogens with zero attached hydrogens (tertiary/aromatic N) is 2. The molecule has 0 saturated carbocycles. The summed E-state index contributed by atoms with van der Waals surface area (Å²) in [6.07, 6.45) is 9.20. The van der Waals surface area contributed by atoms with E-state index >= 15 is 0 Å². The number of esters is 1. The SMILES string of the molecule is Cc1cccc(Cl)c1N1CC=C[C@]23O[C@H]4/C=C\CCCOC(=O)[C@H]4[C@H]2C(=O)N(CCCCO)C3C1=O. The molecule has 1 aromatic carbocycles. The number of aliphatic hydroxyl groups is 1. The maximum atomic E-state index is 14.3. The van der Waals surface area contributed by atoms with Crippen molar-refractivity contribution in [2.75, 3.05) is 31.2 Å². The molecule has 5 atom stereocenters. The fourth-order valence-corrected chi connectivity index (χ4v) is 6.38. The Bertz CT molecular complexity index is 1100. The highest BCUT2D eigenvalue weighted by Gasteiger charge is 2.71. The lowest BCUT2D eigenvalue weighted by Gasteiger charge is -2.36. The molecule has 2 fully saturated rings. The van der Waals surface area contributed by atoms with Gasteiger partial charge < -0.3 is 24.4 Å². The van der Waals surface area contributed by atoms with Gasteiger partial charge in [-0.3, -0.25) is 14.4 Å². The van der Waals surface area contributed by atoms with Crippen molar-refractivity contribution in [1.29, 1.82) is 0 Å². The number of halogens is 1. The molecule has 4 aliphatic heterocycles. The van der Waals surface area contributed by atoms with Gasteiger partial charge >= 0.3 is 5.97 Å². The maximum absolute atomic E-state index is 14.3. The molecule has 9 heteroatoms. The van der Waals surface area contributed by atoms with Crippen molar-refractivity contribution in [2.45, 2.75) is 50.4 Å². The number of carbonyl (C=O) groups excluding carboxylic acids is 3. The number of amides is 2. The van der Waals surface area contributed by atoms with Crippen LogP contribution in [0.5, 0.6) is 0 Å². The topological polar surface area (TPSA) is 96.4 Å². The Balaban J connectivity index is 1.61. The minimum atomic E-state index is -1.31. The summed E-state index contributed by atoms with van der Waals surface area (Å²) < 4.78 is 12.1. The van der Waals surface area contributed by atoms with Crippen molar-refractivity contribution >= 4 is 35.1 Å². The second-order valence-corrected chi connectivity index (χ2v) is 10.2. The predicted molar refractivity (Wildman–Crippen MR) is 133 cm³/mol. The van der Waals surface area contributed by atoms with Gasteiger partial charge in [0.05, 0.1) is 29.3 Å². The third-order valence-electron chi connectivity index (χ3n) is 7.62. The Labute approximate surface area is 215 Å². The largest absolute Gasteiger partial charge is 0.465 e. The van der Waals surface area contributed by atoms with Gasteiger partial charge in [0.25, 0.3) is 5.91 Å². The Morgan fingerprint density at radius 3 is 2.78 bits per heavy atom. The molecule has 0 radical (unpaired) electrons. The van der Waals surface area contributed by atoms with Crippen LogP contribution in [0.2, 0.25) is 5.02 Å².